The van der Waals surface area contributed by atoms with Crippen LogP contribution in [0.2, 0.25) is 0 Å². The van der Waals surface area contributed by atoms with Crippen LogP contribution in [-0.4, -0.2) is 66.4 Å². The zero-order valence-corrected chi connectivity index (χ0v) is 31.9. The van der Waals surface area contributed by atoms with Crippen LogP contribution in [0.1, 0.15) is 83.2 Å². The quantitative estimate of drug-likeness (QED) is 0.140. The Hall–Kier alpha value is -6.31. The molecule has 5 aromatic heterocycles. The zero-order valence-electron chi connectivity index (χ0n) is 31.9. The Labute approximate surface area is 315 Å². The van der Waals surface area contributed by atoms with Crippen molar-refractivity contribution in [1.29, 1.82) is 0 Å². The van der Waals surface area contributed by atoms with Crippen molar-refractivity contribution in [3.63, 3.8) is 0 Å². The van der Waals surface area contributed by atoms with E-state index in [9.17, 15) is 19.2 Å². The molecule has 0 aliphatic heterocycles. The molecule has 0 aliphatic rings. The summed E-state index contributed by atoms with van der Waals surface area (Å²) in [7, 11) is 0. The number of carbonyl (C=O) groups is 4. The van der Waals surface area contributed by atoms with Crippen molar-refractivity contribution in [2.24, 2.45) is 0 Å². The third-order valence-electron chi connectivity index (χ3n) is 7.00. The number of rotatable bonds is 8. The number of nitrogen functional groups attached to an aromatic ring is 1. The first kappa shape index (κ1) is 42.1. The van der Waals surface area contributed by atoms with Crippen molar-refractivity contribution in [2.75, 3.05) is 5.73 Å². The van der Waals surface area contributed by atoms with Gasteiger partial charge in [-0.3, -0.25) is 19.6 Å². The zero-order chi connectivity index (χ0) is 39.9. The first-order valence-electron chi connectivity index (χ1n) is 17.2. The van der Waals surface area contributed by atoms with Gasteiger partial charge in [-0.05, 0) is 110 Å². The Bertz CT molecular complexity index is 2000. The first-order valence-corrected chi connectivity index (χ1v) is 17.2. The summed E-state index contributed by atoms with van der Waals surface area (Å²) in [5.41, 5.74) is 8.24. The maximum atomic E-state index is 12.2. The van der Waals surface area contributed by atoms with Gasteiger partial charge in [0, 0.05) is 41.4 Å². The number of nitrogens with two attached hydrogens (primary N) is 1. The first-order chi connectivity index (χ1) is 25.5. The maximum Gasteiger partial charge on any atom is 0.408 e. The molecule has 14 heteroatoms. The molecule has 284 valence electrons. The number of ketones is 1. The van der Waals surface area contributed by atoms with E-state index in [1.165, 1.54) is 0 Å². The van der Waals surface area contributed by atoms with Crippen molar-refractivity contribution in [2.45, 2.75) is 85.1 Å². The number of nitrogens with zero attached hydrogens (tertiary/aromatic N) is 5. The van der Waals surface area contributed by atoms with Gasteiger partial charge in [0.15, 0.2) is 17.7 Å². The third kappa shape index (κ3) is 14.4. The van der Waals surface area contributed by atoms with Crippen LogP contribution in [0.5, 0.6) is 0 Å². The average molecular weight is 737 g/mol. The standard InChI is InChI=1S/C20H22N4O2.C14H20N2O3.C6H6N2O/c1-13(23-19(25)26-20(2,3)4)17-15(16-9-5-6-10-21-16)12-14-8-7-11-22-18(14)24-17;1-10(16-13(18)19-14(2,3)4)12(17)9-11-7-5-6-8-15-11;7-6-5(4-9)2-1-3-8-6/h5-13H,1-4H3,(H,23,25);5-8,10H,9H2,1-4H3,(H,16,18);1-4H,(H2,7,8). The van der Waals surface area contributed by atoms with Crippen molar-refractivity contribution in [3.05, 3.63) is 108 Å². The molecule has 0 aliphatic carbocycles. The Balaban J connectivity index is 0.000000244. The lowest BCUT2D eigenvalue weighted by atomic mass is 10.0. The number of ether oxygens (including phenoxy) is 2. The predicted molar refractivity (Wildman–Crippen MR) is 206 cm³/mol. The molecule has 2 unspecified atom stereocenters. The van der Waals surface area contributed by atoms with Crippen LogP contribution in [0.25, 0.3) is 22.3 Å². The highest BCUT2D eigenvalue weighted by atomic mass is 16.6. The minimum atomic E-state index is -0.600. The van der Waals surface area contributed by atoms with E-state index in [-0.39, 0.29) is 24.1 Å². The van der Waals surface area contributed by atoms with Gasteiger partial charge in [0.05, 0.1) is 35.5 Å². The van der Waals surface area contributed by atoms with Gasteiger partial charge in [-0.2, -0.15) is 0 Å². The van der Waals surface area contributed by atoms with Gasteiger partial charge in [0.1, 0.15) is 17.0 Å². The minimum absolute atomic E-state index is 0.107. The van der Waals surface area contributed by atoms with Crippen LogP contribution in [0.4, 0.5) is 15.4 Å². The number of nitrogens with one attached hydrogen (secondary N) is 2. The van der Waals surface area contributed by atoms with Crippen molar-refractivity contribution < 1.29 is 28.7 Å². The topological polar surface area (TPSA) is 201 Å². The highest BCUT2D eigenvalue weighted by Gasteiger charge is 2.23. The number of alkyl carbamates (subject to hydrolysis) is 2. The van der Waals surface area contributed by atoms with Gasteiger partial charge in [0.2, 0.25) is 0 Å². The molecule has 5 heterocycles. The van der Waals surface area contributed by atoms with Crippen molar-refractivity contribution in [1.82, 2.24) is 35.6 Å². The number of Topliss-reactive ketones (excluding diaryl/α,β-unsaturated/α-hetero) is 1. The van der Waals surface area contributed by atoms with Crippen molar-refractivity contribution in [3.8, 4) is 11.3 Å². The second-order valence-corrected chi connectivity index (χ2v) is 14.0. The lowest BCUT2D eigenvalue weighted by Gasteiger charge is -2.22. The summed E-state index contributed by atoms with van der Waals surface area (Å²) in [6.45, 7) is 14.3. The molecule has 5 rings (SSSR count). The molecule has 14 nitrogen and oxygen atoms in total. The molecule has 2 amide bonds. The van der Waals surface area contributed by atoms with Crippen LogP contribution >= 0.6 is 0 Å². The van der Waals surface area contributed by atoms with Crippen LogP contribution in [0, 0.1) is 0 Å². The summed E-state index contributed by atoms with van der Waals surface area (Å²) in [5.74, 6) is 0.178. The number of carbonyl (C=O) groups excluding carboxylic acids is 4. The number of anilines is 1. The van der Waals surface area contributed by atoms with Crippen molar-refractivity contribution >= 4 is 41.1 Å². The number of aldehydes is 1. The summed E-state index contributed by atoms with van der Waals surface area (Å²) in [6.07, 6.45) is 6.41. The van der Waals surface area contributed by atoms with E-state index < -0.39 is 29.4 Å². The molecule has 54 heavy (non-hydrogen) atoms. The van der Waals surface area contributed by atoms with E-state index in [0.29, 0.717) is 28.9 Å². The van der Waals surface area contributed by atoms with Crippen LogP contribution in [0.15, 0.2) is 91.5 Å². The fraction of sp³-hybridized carbons (Fsp3) is 0.325. The van der Waals surface area contributed by atoms with Gasteiger partial charge in [0.25, 0.3) is 0 Å². The smallest absolute Gasteiger partial charge is 0.408 e. The molecule has 2 atom stereocenters. The Kier molecular flexibility index (Phi) is 15.2. The molecule has 0 spiro atoms. The largest absolute Gasteiger partial charge is 0.444 e. The van der Waals surface area contributed by atoms with E-state index in [1.54, 1.807) is 76.7 Å². The molecular weight excluding hydrogens is 688 g/mol. The Morgan fingerprint density at radius 1 is 0.759 bits per heavy atom. The van der Waals surface area contributed by atoms with E-state index >= 15 is 0 Å². The third-order valence-corrected chi connectivity index (χ3v) is 7.00. The number of hydrogen-bond donors (Lipinski definition) is 3. The van der Waals surface area contributed by atoms with E-state index in [0.717, 1.165) is 16.6 Å². The number of fused-ring (bicyclic) bond motifs is 1. The lowest BCUT2D eigenvalue weighted by molar-refractivity contribution is -0.120. The number of pyridine rings is 5. The van der Waals surface area contributed by atoms with E-state index in [4.69, 9.17) is 15.2 Å². The molecule has 0 saturated carbocycles. The molecular formula is C40H48N8O6. The van der Waals surface area contributed by atoms with Gasteiger partial charge in [-0.15, -0.1) is 0 Å². The molecule has 0 saturated heterocycles. The second kappa shape index (κ2) is 19.5. The molecule has 0 fully saturated rings. The summed E-state index contributed by atoms with van der Waals surface area (Å²) in [5, 5.41) is 6.28. The minimum Gasteiger partial charge on any atom is -0.444 e. The lowest BCUT2D eigenvalue weighted by Crippen LogP contribution is -2.42. The number of aromatic nitrogens is 5. The van der Waals surface area contributed by atoms with Crippen LogP contribution in [-0.2, 0) is 20.7 Å². The van der Waals surface area contributed by atoms with E-state index in [2.05, 4.69) is 35.6 Å². The Morgan fingerprint density at radius 3 is 1.91 bits per heavy atom. The highest BCUT2D eigenvalue weighted by molar-refractivity contribution is 5.88. The number of amides is 2. The number of hydrogen-bond acceptors (Lipinski definition) is 12. The maximum absolute atomic E-state index is 12.2. The Morgan fingerprint density at radius 2 is 1.35 bits per heavy atom. The highest BCUT2D eigenvalue weighted by Crippen LogP contribution is 2.28. The fourth-order valence-corrected chi connectivity index (χ4v) is 4.56. The summed E-state index contributed by atoms with van der Waals surface area (Å²) < 4.78 is 10.4. The van der Waals surface area contributed by atoms with Crippen LogP contribution < -0.4 is 16.4 Å². The molecule has 5 aromatic rings. The summed E-state index contributed by atoms with van der Waals surface area (Å²) in [4.78, 5) is 66.9. The monoisotopic (exact) mass is 736 g/mol. The molecule has 4 N–H and O–H groups in total. The van der Waals surface area contributed by atoms with Gasteiger partial charge in [-0.25, -0.2) is 24.5 Å². The predicted octanol–water partition coefficient (Wildman–Crippen LogP) is 6.86. The summed E-state index contributed by atoms with van der Waals surface area (Å²) in [6, 6.07) is 19.2. The summed E-state index contributed by atoms with van der Waals surface area (Å²) >= 11 is 0. The molecule has 0 aromatic carbocycles. The fourth-order valence-electron chi connectivity index (χ4n) is 4.56. The molecule has 0 radical (unpaired) electrons. The van der Waals surface area contributed by atoms with Gasteiger partial charge in [-0.1, -0.05) is 12.1 Å². The van der Waals surface area contributed by atoms with E-state index in [1.807, 2.05) is 70.2 Å². The van der Waals surface area contributed by atoms with Gasteiger partial charge >= 0.3 is 12.2 Å². The molecule has 0 bridgehead atoms. The second-order valence-electron chi connectivity index (χ2n) is 14.0. The normalized spacial score (nSPS) is 12.0. The average Bonchev–Trinajstić information content (AvgIpc) is 3.11. The van der Waals surface area contributed by atoms with Crippen LogP contribution in [0.3, 0.4) is 0 Å². The SMILES string of the molecule is CC(NC(=O)OC(C)(C)C)C(=O)Cc1ccccn1.CC(NC(=O)OC(C)(C)C)c1nc2ncccc2cc1-c1ccccn1.Nc1ncccc1C=O. The van der Waals surface area contributed by atoms with Gasteiger partial charge < -0.3 is 25.8 Å².